The fourth-order valence-electron chi connectivity index (χ4n) is 0.814. The van der Waals surface area contributed by atoms with E-state index in [0.29, 0.717) is 11.5 Å². The Balaban J connectivity index is 3.96. The van der Waals surface area contributed by atoms with Crippen molar-refractivity contribution in [3.63, 3.8) is 0 Å². The molecule has 0 saturated heterocycles. The first-order chi connectivity index (χ1) is 7.08. The van der Waals surface area contributed by atoms with Crippen LogP contribution in [0.25, 0.3) is 0 Å². The van der Waals surface area contributed by atoms with Crippen LogP contribution in [-0.4, -0.2) is 35.5 Å². The van der Waals surface area contributed by atoms with Gasteiger partial charge in [0.1, 0.15) is 0 Å². The van der Waals surface area contributed by atoms with E-state index < -0.39 is 18.6 Å². The van der Waals surface area contributed by atoms with Gasteiger partial charge in [-0.2, -0.15) is 0 Å². The molecular formula is C8H19O5PS. The predicted octanol–water partition coefficient (Wildman–Crippen LogP) is 1.95. The Morgan fingerprint density at radius 1 is 1.07 bits per heavy atom. The van der Waals surface area contributed by atoms with Crippen molar-refractivity contribution in [2.75, 3.05) is 31.3 Å². The van der Waals surface area contributed by atoms with Gasteiger partial charge in [0.25, 0.3) is 0 Å². The van der Waals surface area contributed by atoms with Crippen LogP contribution >= 0.6 is 7.82 Å². The van der Waals surface area contributed by atoms with Crippen molar-refractivity contribution in [1.29, 1.82) is 0 Å². The highest BCUT2D eigenvalue weighted by Gasteiger charge is 2.24. The van der Waals surface area contributed by atoms with Crippen LogP contribution in [-0.2, 0) is 28.9 Å². The van der Waals surface area contributed by atoms with E-state index in [4.69, 9.17) is 13.6 Å². The second-order valence-corrected chi connectivity index (χ2v) is 6.08. The largest absolute Gasteiger partial charge is 0.474 e. The van der Waals surface area contributed by atoms with Crippen molar-refractivity contribution in [1.82, 2.24) is 0 Å². The minimum atomic E-state index is -3.42. The summed E-state index contributed by atoms with van der Waals surface area (Å²) in [7, 11) is -4.35. The third kappa shape index (κ3) is 7.19. The molecule has 0 heterocycles. The Bertz CT molecular complexity index is 223. The Hall–Kier alpha value is 0.260. The van der Waals surface area contributed by atoms with Crippen LogP contribution in [0.15, 0.2) is 0 Å². The summed E-state index contributed by atoms with van der Waals surface area (Å²) in [5.41, 5.74) is 0. The summed E-state index contributed by atoms with van der Waals surface area (Å²) in [5.74, 6) is 0.914. The Morgan fingerprint density at radius 2 is 1.60 bits per heavy atom. The molecule has 0 radical (unpaired) electrons. The maximum absolute atomic E-state index is 11.7. The van der Waals surface area contributed by atoms with Gasteiger partial charge in [-0.25, -0.2) is 4.57 Å². The number of hydrogen-bond acceptors (Lipinski definition) is 5. The number of phosphoric ester groups is 1. The lowest BCUT2D eigenvalue weighted by Gasteiger charge is -2.15. The predicted molar refractivity (Wildman–Crippen MR) is 60.4 cm³/mol. The van der Waals surface area contributed by atoms with Gasteiger partial charge in [-0.15, -0.1) is 0 Å². The average molecular weight is 258 g/mol. The molecule has 0 bridgehead atoms. The second-order valence-electron chi connectivity index (χ2n) is 2.55. The fourth-order valence-corrected chi connectivity index (χ4v) is 2.67. The SMILES string of the molecule is CCOP(=O)(OCC)OCCS(=O)CC. The lowest BCUT2D eigenvalue weighted by atomic mass is 10.9. The average Bonchev–Trinajstić information content (AvgIpc) is 2.18. The molecular weight excluding hydrogens is 239 g/mol. The summed E-state index contributed by atoms with van der Waals surface area (Å²) in [6.45, 7) is 5.87. The molecule has 0 aliphatic carbocycles. The van der Waals surface area contributed by atoms with E-state index in [-0.39, 0.29) is 19.8 Å². The number of rotatable bonds is 9. The highest BCUT2D eigenvalue weighted by atomic mass is 32.2. The van der Waals surface area contributed by atoms with Crippen molar-refractivity contribution in [3.05, 3.63) is 0 Å². The lowest BCUT2D eigenvalue weighted by molar-refractivity contribution is 0.127. The third-order valence-corrected chi connectivity index (χ3v) is 4.37. The maximum atomic E-state index is 11.7. The minimum Gasteiger partial charge on any atom is -0.287 e. The van der Waals surface area contributed by atoms with Gasteiger partial charge in [0.05, 0.1) is 19.8 Å². The van der Waals surface area contributed by atoms with Gasteiger partial charge in [0, 0.05) is 22.3 Å². The Kier molecular flexibility index (Phi) is 8.56. The van der Waals surface area contributed by atoms with Crippen molar-refractivity contribution in [2.24, 2.45) is 0 Å². The highest BCUT2D eigenvalue weighted by Crippen LogP contribution is 2.48. The quantitative estimate of drug-likeness (QED) is 0.591. The molecule has 92 valence electrons. The first-order valence-electron chi connectivity index (χ1n) is 4.96. The maximum Gasteiger partial charge on any atom is 0.474 e. The van der Waals surface area contributed by atoms with E-state index in [1.807, 2.05) is 6.92 Å². The van der Waals surface area contributed by atoms with Crippen molar-refractivity contribution >= 4 is 18.6 Å². The number of hydrogen-bond donors (Lipinski definition) is 0. The molecule has 0 aliphatic heterocycles. The van der Waals surface area contributed by atoms with E-state index in [2.05, 4.69) is 0 Å². The zero-order valence-corrected chi connectivity index (χ0v) is 11.1. The van der Waals surface area contributed by atoms with Crippen LogP contribution < -0.4 is 0 Å². The summed E-state index contributed by atoms with van der Waals surface area (Å²) < 4.78 is 37.6. The van der Waals surface area contributed by atoms with E-state index >= 15 is 0 Å². The molecule has 1 atom stereocenters. The fraction of sp³-hybridized carbons (Fsp3) is 1.00. The molecule has 0 aliphatic rings. The van der Waals surface area contributed by atoms with E-state index in [1.165, 1.54) is 0 Å². The molecule has 0 N–H and O–H groups in total. The molecule has 15 heavy (non-hydrogen) atoms. The molecule has 0 spiro atoms. The first kappa shape index (κ1) is 15.3. The molecule has 5 nitrogen and oxygen atoms in total. The Morgan fingerprint density at radius 3 is 2.00 bits per heavy atom. The smallest absolute Gasteiger partial charge is 0.287 e. The molecule has 0 saturated carbocycles. The van der Waals surface area contributed by atoms with Gasteiger partial charge in [-0.1, -0.05) is 6.92 Å². The zero-order chi connectivity index (χ0) is 11.7. The van der Waals surface area contributed by atoms with Crippen LogP contribution in [0.1, 0.15) is 20.8 Å². The van der Waals surface area contributed by atoms with Gasteiger partial charge in [0.2, 0.25) is 0 Å². The topological polar surface area (TPSA) is 61.8 Å². The molecule has 0 aromatic carbocycles. The van der Waals surface area contributed by atoms with Crippen LogP contribution in [0.5, 0.6) is 0 Å². The standard InChI is InChI=1S/C8H19O5PS/c1-4-11-14(9,12-5-2)13-7-8-15(10)6-3/h4-8H2,1-3H3. The highest BCUT2D eigenvalue weighted by molar-refractivity contribution is 7.84. The summed E-state index contributed by atoms with van der Waals surface area (Å²) in [5, 5.41) is 0. The van der Waals surface area contributed by atoms with E-state index in [1.54, 1.807) is 13.8 Å². The van der Waals surface area contributed by atoms with Crippen molar-refractivity contribution in [3.8, 4) is 0 Å². The van der Waals surface area contributed by atoms with Gasteiger partial charge < -0.3 is 0 Å². The zero-order valence-electron chi connectivity index (χ0n) is 9.43. The lowest BCUT2D eigenvalue weighted by Crippen LogP contribution is -2.08. The van der Waals surface area contributed by atoms with Gasteiger partial charge >= 0.3 is 7.82 Å². The number of phosphoric acid groups is 1. The molecule has 0 fully saturated rings. The van der Waals surface area contributed by atoms with Crippen LogP contribution in [0.3, 0.4) is 0 Å². The summed E-state index contributed by atoms with van der Waals surface area (Å²) >= 11 is 0. The van der Waals surface area contributed by atoms with Crippen LogP contribution in [0.4, 0.5) is 0 Å². The van der Waals surface area contributed by atoms with E-state index in [0.717, 1.165) is 0 Å². The molecule has 0 aromatic rings. The second kappa shape index (κ2) is 8.42. The molecule has 0 amide bonds. The van der Waals surface area contributed by atoms with Crippen molar-refractivity contribution < 1.29 is 22.3 Å². The minimum absolute atomic E-state index is 0.123. The van der Waals surface area contributed by atoms with Crippen LogP contribution in [0.2, 0.25) is 0 Å². The Labute approximate surface area is 93.6 Å². The normalized spacial score (nSPS) is 14.1. The summed E-state index contributed by atoms with van der Waals surface area (Å²) in [6.07, 6.45) is 0. The monoisotopic (exact) mass is 258 g/mol. The van der Waals surface area contributed by atoms with E-state index in [9.17, 15) is 8.77 Å². The third-order valence-electron chi connectivity index (χ3n) is 1.46. The van der Waals surface area contributed by atoms with Gasteiger partial charge in [-0.3, -0.25) is 17.8 Å². The molecule has 7 heteroatoms. The summed E-state index contributed by atoms with van der Waals surface area (Å²) in [4.78, 5) is 0. The molecule has 0 aromatic heterocycles. The molecule has 0 rings (SSSR count). The van der Waals surface area contributed by atoms with Crippen molar-refractivity contribution in [2.45, 2.75) is 20.8 Å². The van der Waals surface area contributed by atoms with Gasteiger partial charge in [-0.05, 0) is 13.8 Å². The van der Waals surface area contributed by atoms with Gasteiger partial charge in [0.15, 0.2) is 0 Å². The first-order valence-corrected chi connectivity index (χ1v) is 7.91. The van der Waals surface area contributed by atoms with Crippen LogP contribution in [0, 0.1) is 0 Å². The molecule has 1 unspecified atom stereocenters. The summed E-state index contributed by atoms with van der Waals surface area (Å²) in [6, 6.07) is 0.